The average Bonchev–Trinajstić information content (AvgIpc) is 2.46. The zero-order valence-corrected chi connectivity index (χ0v) is 11.1. The van der Waals surface area contributed by atoms with Gasteiger partial charge in [0.15, 0.2) is 0 Å². The fourth-order valence-electron chi connectivity index (χ4n) is 2.25. The lowest BCUT2D eigenvalue weighted by Crippen LogP contribution is -1.87. The molecule has 0 atom stereocenters. The smallest absolute Gasteiger partial charge is 0.0702 e. The van der Waals surface area contributed by atoms with Crippen molar-refractivity contribution in [2.24, 2.45) is 0 Å². The lowest BCUT2D eigenvalue weighted by atomic mass is 10.0. The van der Waals surface area contributed by atoms with Crippen molar-refractivity contribution in [1.29, 1.82) is 0 Å². The van der Waals surface area contributed by atoms with Crippen molar-refractivity contribution in [3.63, 3.8) is 0 Å². The Morgan fingerprint density at radius 2 is 1.63 bits per heavy atom. The van der Waals surface area contributed by atoms with E-state index in [4.69, 9.17) is 0 Å². The molecule has 2 nitrogen and oxygen atoms in total. The maximum Gasteiger partial charge on any atom is 0.0702 e. The van der Waals surface area contributed by atoms with Crippen LogP contribution in [0.2, 0.25) is 0 Å². The molecule has 0 fully saturated rings. The van der Waals surface area contributed by atoms with Crippen LogP contribution in [0.1, 0.15) is 5.56 Å². The first kappa shape index (κ1) is 11.7. The van der Waals surface area contributed by atoms with Crippen molar-refractivity contribution in [1.82, 2.24) is 4.98 Å². The summed E-state index contributed by atoms with van der Waals surface area (Å²) in [6, 6.07) is 17.0. The van der Waals surface area contributed by atoms with Crippen LogP contribution in [0, 0.1) is 6.92 Å². The molecule has 2 aromatic carbocycles. The van der Waals surface area contributed by atoms with Crippen LogP contribution in [0.3, 0.4) is 0 Å². The number of aryl methyl sites for hydroxylation is 1. The lowest BCUT2D eigenvalue weighted by molar-refractivity contribution is 1.33. The molecular formula is C17H16N2. The van der Waals surface area contributed by atoms with Gasteiger partial charge in [0.1, 0.15) is 0 Å². The predicted octanol–water partition coefficient (Wildman–Crippen LogP) is 4.25. The number of hydrogen-bond acceptors (Lipinski definition) is 2. The number of rotatable bonds is 2. The summed E-state index contributed by atoms with van der Waals surface area (Å²) in [4.78, 5) is 4.43. The van der Waals surface area contributed by atoms with Gasteiger partial charge in [-0.1, -0.05) is 18.2 Å². The highest BCUT2D eigenvalue weighted by atomic mass is 14.8. The van der Waals surface area contributed by atoms with Crippen molar-refractivity contribution in [3.05, 3.63) is 60.3 Å². The zero-order valence-electron chi connectivity index (χ0n) is 11.1. The Labute approximate surface area is 113 Å². The standard InChI is InChI=1S/C17H16N2/c1-12-9-15-10-14(5-8-17(15)19-11-12)13-3-6-16(18-2)7-4-13/h3-11,18H,1-2H3. The summed E-state index contributed by atoms with van der Waals surface area (Å²) in [6.45, 7) is 2.07. The van der Waals surface area contributed by atoms with E-state index >= 15 is 0 Å². The Hall–Kier alpha value is -2.35. The van der Waals surface area contributed by atoms with Gasteiger partial charge in [0, 0.05) is 24.3 Å². The fourth-order valence-corrected chi connectivity index (χ4v) is 2.25. The predicted molar refractivity (Wildman–Crippen MR) is 81.5 cm³/mol. The molecule has 0 saturated carbocycles. The molecule has 94 valence electrons. The summed E-state index contributed by atoms with van der Waals surface area (Å²) < 4.78 is 0. The molecule has 0 radical (unpaired) electrons. The first-order valence-corrected chi connectivity index (χ1v) is 6.41. The number of pyridine rings is 1. The van der Waals surface area contributed by atoms with Gasteiger partial charge >= 0.3 is 0 Å². The number of benzene rings is 2. The van der Waals surface area contributed by atoms with Gasteiger partial charge in [-0.25, -0.2) is 0 Å². The Morgan fingerprint density at radius 3 is 2.37 bits per heavy atom. The summed E-state index contributed by atoms with van der Waals surface area (Å²) in [6.07, 6.45) is 1.91. The van der Waals surface area contributed by atoms with Gasteiger partial charge in [0.2, 0.25) is 0 Å². The Kier molecular flexibility index (Phi) is 2.92. The quantitative estimate of drug-likeness (QED) is 0.733. The molecule has 0 bridgehead atoms. The van der Waals surface area contributed by atoms with Gasteiger partial charge < -0.3 is 5.32 Å². The largest absolute Gasteiger partial charge is 0.388 e. The number of hydrogen-bond donors (Lipinski definition) is 1. The van der Waals surface area contributed by atoms with E-state index in [9.17, 15) is 0 Å². The first-order chi connectivity index (χ1) is 9.26. The molecule has 0 saturated heterocycles. The average molecular weight is 248 g/mol. The van der Waals surface area contributed by atoms with E-state index in [0.29, 0.717) is 0 Å². The number of nitrogens with zero attached hydrogens (tertiary/aromatic N) is 1. The van der Waals surface area contributed by atoms with E-state index in [1.165, 1.54) is 22.1 Å². The van der Waals surface area contributed by atoms with E-state index < -0.39 is 0 Å². The molecular weight excluding hydrogens is 232 g/mol. The van der Waals surface area contributed by atoms with Gasteiger partial charge in [-0.2, -0.15) is 0 Å². The van der Waals surface area contributed by atoms with Crippen LogP contribution in [-0.4, -0.2) is 12.0 Å². The summed E-state index contributed by atoms with van der Waals surface area (Å²) in [5.41, 5.74) is 5.81. The third kappa shape index (κ3) is 2.29. The second-order valence-corrected chi connectivity index (χ2v) is 4.75. The summed E-state index contributed by atoms with van der Waals surface area (Å²) in [7, 11) is 1.93. The molecule has 2 heteroatoms. The summed E-state index contributed by atoms with van der Waals surface area (Å²) in [5.74, 6) is 0. The second kappa shape index (κ2) is 4.73. The Balaban J connectivity index is 2.08. The minimum atomic E-state index is 1.04. The van der Waals surface area contributed by atoms with Crippen LogP contribution in [0.25, 0.3) is 22.0 Å². The highest BCUT2D eigenvalue weighted by molar-refractivity contribution is 5.85. The van der Waals surface area contributed by atoms with Crippen LogP contribution < -0.4 is 5.32 Å². The van der Waals surface area contributed by atoms with Crippen LogP contribution in [0.4, 0.5) is 5.69 Å². The molecule has 0 aliphatic rings. The van der Waals surface area contributed by atoms with Crippen LogP contribution in [-0.2, 0) is 0 Å². The van der Waals surface area contributed by atoms with E-state index in [1.54, 1.807) is 0 Å². The van der Waals surface area contributed by atoms with Gasteiger partial charge in [0.05, 0.1) is 5.52 Å². The van der Waals surface area contributed by atoms with Crippen molar-refractivity contribution >= 4 is 16.6 Å². The molecule has 1 heterocycles. The maximum absolute atomic E-state index is 4.43. The topological polar surface area (TPSA) is 24.9 Å². The SMILES string of the molecule is CNc1ccc(-c2ccc3ncc(C)cc3c2)cc1. The fraction of sp³-hybridized carbons (Fsp3) is 0.118. The van der Waals surface area contributed by atoms with E-state index in [-0.39, 0.29) is 0 Å². The maximum atomic E-state index is 4.43. The molecule has 0 aliphatic heterocycles. The molecule has 0 aliphatic carbocycles. The molecule has 3 rings (SSSR count). The third-order valence-corrected chi connectivity index (χ3v) is 3.32. The molecule has 0 amide bonds. The number of nitrogens with one attached hydrogen (secondary N) is 1. The molecule has 1 N–H and O–H groups in total. The Bertz CT molecular complexity index is 715. The van der Waals surface area contributed by atoms with Crippen LogP contribution in [0.15, 0.2) is 54.7 Å². The Morgan fingerprint density at radius 1 is 0.895 bits per heavy atom. The van der Waals surface area contributed by atoms with Gasteiger partial charge in [-0.05, 0) is 53.9 Å². The summed E-state index contributed by atoms with van der Waals surface area (Å²) in [5, 5.41) is 4.32. The highest BCUT2D eigenvalue weighted by Crippen LogP contribution is 2.25. The van der Waals surface area contributed by atoms with E-state index in [2.05, 4.69) is 65.8 Å². The molecule has 0 spiro atoms. The second-order valence-electron chi connectivity index (χ2n) is 4.75. The molecule has 3 aromatic rings. The lowest BCUT2D eigenvalue weighted by Gasteiger charge is -2.06. The first-order valence-electron chi connectivity index (χ1n) is 6.41. The summed E-state index contributed by atoms with van der Waals surface area (Å²) >= 11 is 0. The highest BCUT2D eigenvalue weighted by Gasteiger charge is 2.01. The van der Waals surface area contributed by atoms with Gasteiger partial charge in [-0.15, -0.1) is 0 Å². The van der Waals surface area contributed by atoms with Crippen LogP contribution >= 0.6 is 0 Å². The zero-order chi connectivity index (χ0) is 13.2. The molecule has 0 unspecified atom stereocenters. The number of anilines is 1. The van der Waals surface area contributed by atoms with Crippen molar-refractivity contribution < 1.29 is 0 Å². The van der Waals surface area contributed by atoms with E-state index in [1.807, 2.05) is 13.2 Å². The third-order valence-electron chi connectivity index (χ3n) is 3.32. The van der Waals surface area contributed by atoms with Crippen molar-refractivity contribution in [2.45, 2.75) is 6.92 Å². The number of aromatic nitrogens is 1. The minimum Gasteiger partial charge on any atom is -0.388 e. The monoisotopic (exact) mass is 248 g/mol. The van der Waals surface area contributed by atoms with Gasteiger partial charge in [0.25, 0.3) is 0 Å². The van der Waals surface area contributed by atoms with Crippen LogP contribution in [0.5, 0.6) is 0 Å². The normalized spacial score (nSPS) is 10.6. The van der Waals surface area contributed by atoms with Crippen molar-refractivity contribution in [2.75, 3.05) is 12.4 Å². The van der Waals surface area contributed by atoms with Crippen molar-refractivity contribution in [3.8, 4) is 11.1 Å². The molecule has 1 aromatic heterocycles. The number of fused-ring (bicyclic) bond motifs is 1. The molecule has 19 heavy (non-hydrogen) atoms. The van der Waals surface area contributed by atoms with Gasteiger partial charge in [-0.3, -0.25) is 4.98 Å². The minimum absolute atomic E-state index is 1.04. The van der Waals surface area contributed by atoms with E-state index in [0.717, 1.165) is 11.2 Å².